The molecule has 0 aliphatic carbocycles. The summed E-state index contributed by atoms with van der Waals surface area (Å²) in [5.41, 5.74) is 0. The molecular formula is C13H21NO5. The molecule has 0 spiro atoms. The number of nitrogens with zero attached hydrogens (tertiary/aromatic N) is 1. The number of carbonyl (C=O) groups is 3. The monoisotopic (exact) mass is 271 g/mol. The Labute approximate surface area is 113 Å². The van der Waals surface area contributed by atoms with E-state index in [1.807, 2.05) is 0 Å². The topological polar surface area (TPSA) is 72.9 Å². The summed E-state index contributed by atoms with van der Waals surface area (Å²) < 4.78 is 9.76. The predicted molar refractivity (Wildman–Crippen MR) is 67.2 cm³/mol. The van der Waals surface area contributed by atoms with Gasteiger partial charge in [0.2, 0.25) is 5.91 Å². The Kier molecular flexibility index (Phi) is 6.32. The van der Waals surface area contributed by atoms with Gasteiger partial charge >= 0.3 is 11.9 Å². The van der Waals surface area contributed by atoms with Gasteiger partial charge in [0, 0.05) is 19.4 Å². The molecule has 1 aliphatic rings. The highest BCUT2D eigenvalue weighted by molar-refractivity contribution is 5.88. The van der Waals surface area contributed by atoms with Gasteiger partial charge in [-0.3, -0.25) is 9.59 Å². The SMILES string of the molecule is CCOC(=O)CCCN1C(=O)CC[C@H]1C(=O)OCC. The fourth-order valence-electron chi connectivity index (χ4n) is 2.12. The van der Waals surface area contributed by atoms with Crippen LogP contribution >= 0.6 is 0 Å². The van der Waals surface area contributed by atoms with Gasteiger partial charge in [-0.15, -0.1) is 0 Å². The lowest BCUT2D eigenvalue weighted by molar-refractivity contribution is -0.151. The molecule has 1 heterocycles. The van der Waals surface area contributed by atoms with Crippen LogP contribution in [0.4, 0.5) is 0 Å². The molecule has 0 saturated carbocycles. The maximum absolute atomic E-state index is 11.7. The number of hydrogen-bond donors (Lipinski definition) is 0. The van der Waals surface area contributed by atoms with Gasteiger partial charge in [0.25, 0.3) is 0 Å². The molecule has 1 saturated heterocycles. The van der Waals surface area contributed by atoms with Crippen LogP contribution in [0.2, 0.25) is 0 Å². The minimum atomic E-state index is -0.491. The lowest BCUT2D eigenvalue weighted by atomic mass is 10.2. The first kappa shape index (κ1) is 15.5. The maximum atomic E-state index is 11.7. The van der Waals surface area contributed by atoms with Crippen molar-refractivity contribution in [1.82, 2.24) is 4.90 Å². The van der Waals surface area contributed by atoms with Gasteiger partial charge in [0.15, 0.2) is 0 Å². The number of ether oxygens (including phenoxy) is 2. The van der Waals surface area contributed by atoms with E-state index >= 15 is 0 Å². The Morgan fingerprint density at radius 3 is 2.58 bits per heavy atom. The zero-order chi connectivity index (χ0) is 14.3. The molecule has 1 rings (SSSR count). The Morgan fingerprint density at radius 1 is 1.26 bits per heavy atom. The van der Waals surface area contributed by atoms with Crippen molar-refractivity contribution in [2.75, 3.05) is 19.8 Å². The van der Waals surface area contributed by atoms with Gasteiger partial charge in [-0.05, 0) is 26.7 Å². The summed E-state index contributed by atoms with van der Waals surface area (Å²) in [6.45, 7) is 4.53. The van der Waals surface area contributed by atoms with Crippen molar-refractivity contribution < 1.29 is 23.9 Å². The van der Waals surface area contributed by atoms with Crippen LogP contribution < -0.4 is 0 Å². The quantitative estimate of drug-likeness (QED) is 0.643. The molecule has 6 nitrogen and oxygen atoms in total. The second-order valence-electron chi connectivity index (χ2n) is 4.30. The zero-order valence-electron chi connectivity index (χ0n) is 11.5. The van der Waals surface area contributed by atoms with E-state index in [0.717, 1.165) is 0 Å². The number of esters is 2. The number of rotatable bonds is 7. The summed E-state index contributed by atoms with van der Waals surface area (Å²) in [5.74, 6) is -0.687. The number of amides is 1. The first-order valence-corrected chi connectivity index (χ1v) is 6.71. The number of carbonyl (C=O) groups excluding carboxylic acids is 3. The zero-order valence-corrected chi connectivity index (χ0v) is 11.5. The third-order valence-electron chi connectivity index (χ3n) is 2.97. The molecule has 0 aromatic carbocycles. The van der Waals surface area contributed by atoms with Crippen LogP contribution in [0.25, 0.3) is 0 Å². The fourth-order valence-corrected chi connectivity index (χ4v) is 2.12. The largest absolute Gasteiger partial charge is 0.466 e. The van der Waals surface area contributed by atoms with Crippen molar-refractivity contribution in [3.8, 4) is 0 Å². The van der Waals surface area contributed by atoms with Gasteiger partial charge in [-0.25, -0.2) is 4.79 Å². The average molecular weight is 271 g/mol. The average Bonchev–Trinajstić information content (AvgIpc) is 2.72. The molecule has 6 heteroatoms. The fraction of sp³-hybridized carbons (Fsp3) is 0.769. The summed E-state index contributed by atoms with van der Waals surface area (Å²) in [5, 5.41) is 0. The molecule has 1 aliphatic heterocycles. The Morgan fingerprint density at radius 2 is 1.95 bits per heavy atom. The van der Waals surface area contributed by atoms with E-state index in [4.69, 9.17) is 9.47 Å². The van der Waals surface area contributed by atoms with Crippen LogP contribution in [-0.4, -0.2) is 48.5 Å². The summed E-state index contributed by atoms with van der Waals surface area (Å²) >= 11 is 0. The molecule has 0 aromatic heterocycles. The van der Waals surface area contributed by atoms with Gasteiger partial charge in [-0.1, -0.05) is 0 Å². The highest BCUT2D eigenvalue weighted by Crippen LogP contribution is 2.20. The van der Waals surface area contributed by atoms with E-state index in [1.165, 1.54) is 4.90 Å². The van der Waals surface area contributed by atoms with Crippen LogP contribution in [-0.2, 0) is 23.9 Å². The molecule has 1 atom stereocenters. The van der Waals surface area contributed by atoms with Crippen LogP contribution in [0, 0.1) is 0 Å². The summed E-state index contributed by atoms with van der Waals surface area (Å²) in [7, 11) is 0. The molecule has 108 valence electrons. The van der Waals surface area contributed by atoms with E-state index in [-0.39, 0.29) is 24.3 Å². The van der Waals surface area contributed by atoms with E-state index in [1.54, 1.807) is 13.8 Å². The summed E-state index contributed by atoms with van der Waals surface area (Å²) in [6.07, 6.45) is 1.62. The lowest BCUT2D eigenvalue weighted by Crippen LogP contribution is -2.40. The Balaban J connectivity index is 2.42. The molecule has 19 heavy (non-hydrogen) atoms. The molecular weight excluding hydrogens is 250 g/mol. The molecule has 0 bridgehead atoms. The molecule has 1 fully saturated rings. The van der Waals surface area contributed by atoms with Crippen molar-refractivity contribution in [1.29, 1.82) is 0 Å². The predicted octanol–water partition coefficient (Wildman–Crippen LogP) is 0.884. The highest BCUT2D eigenvalue weighted by Gasteiger charge is 2.36. The Hall–Kier alpha value is -1.59. The first-order valence-electron chi connectivity index (χ1n) is 6.71. The van der Waals surface area contributed by atoms with Crippen molar-refractivity contribution >= 4 is 17.8 Å². The minimum Gasteiger partial charge on any atom is -0.466 e. The van der Waals surface area contributed by atoms with Gasteiger partial charge in [0.05, 0.1) is 13.2 Å². The van der Waals surface area contributed by atoms with Crippen LogP contribution in [0.1, 0.15) is 39.5 Å². The van der Waals surface area contributed by atoms with Crippen molar-refractivity contribution in [3.63, 3.8) is 0 Å². The van der Waals surface area contributed by atoms with Crippen molar-refractivity contribution in [2.45, 2.75) is 45.6 Å². The van der Waals surface area contributed by atoms with E-state index in [2.05, 4.69) is 0 Å². The molecule has 0 aromatic rings. The molecule has 0 radical (unpaired) electrons. The highest BCUT2D eigenvalue weighted by atomic mass is 16.5. The first-order chi connectivity index (χ1) is 9.10. The van der Waals surface area contributed by atoms with E-state index in [9.17, 15) is 14.4 Å². The smallest absolute Gasteiger partial charge is 0.328 e. The third kappa shape index (κ3) is 4.54. The normalized spacial score (nSPS) is 18.5. The standard InChI is InChI=1S/C13H21NO5/c1-3-18-12(16)6-5-9-14-10(7-8-11(14)15)13(17)19-4-2/h10H,3-9H2,1-2H3/t10-/m0/s1. The van der Waals surface area contributed by atoms with Crippen LogP contribution in [0.3, 0.4) is 0 Å². The number of hydrogen-bond acceptors (Lipinski definition) is 5. The summed E-state index contributed by atoms with van der Waals surface area (Å²) in [4.78, 5) is 36.1. The molecule has 0 N–H and O–H groups in total. The van der Waals surface area contributed by atoms with Gasteiger partial charge in [-0.2, -0.15) is 0 Å². The Bertz CT molecular complexity index is 342. The number of likely N-dealkylation sites (tertiary alicyclic amines) is 1. The van der Waals surface area contributed by atoms with Crippen molar-refractivity contribution in [2.24, 2.45) is 0 Å². The molecule has 0 unspecified atom stereocenters. The van der Waals surface area contributed by atoms with Crippen LogP contribution in [0.5, 0.6) is 0 Å². The minimum absolute atomic E-state index is 0.0538. The maximum Gasteiger partial charge on any atom is 0.328 e. The van der Waals surface area contributed by atoms with E-state index in [0.29, 0.717) is 39.0 Å². The summed E-state index contributed by atoms with van der Waals surface area (Å²) in [6, 6.07) is -0.491. The van der Waals surface area contributed by atoms with Crippen LogP contribution in [0.15, 0.2) is 0 Å². The van der Waals surface area contributed by atoms with Gasteiger partial charge < -0.3 is 14.4 Å². The third-order valence-corrected chi connectivity index (χ3v) is 2.97. The molecule has 1 amide bonds. The second kappa shape index (κ2) is 7.76. The second-order valence-corrected chi connectivity index (χ2v) is 4.30. The van der Waals surface area contributed by atoms with Gasteiger partial charge in [0.1, 0.15) is 6.04 Å². The lowest BCUT2D eigenvalue weighted by Gasteiger charge is -2.22. The van der Waals surface area contributed by atoms with E-state index < -0.39 is 6.04 Å². The van der Waals surface area contributed by atoms with Crippen molar-refractivity contribution in [3.05, 3.63) is 0 Å².